The summed E-state index contributed by atoms with van der Waals surface area (Å²) >= 11 is 1.58. The molecule has 0 aromatic heterocycles. The monoisotopic (exact) mass is 309 g/mol. The highest BCUT2D eigenvalue weighted by molar-refractivity contribution is 7.99. The zero-order chi connectivity index (χ0) is 15.1. The number of rotatable bonds is 6. The predicted molar refractivity (Wildman–Crippen MR) is 84.8 cm³/mol. The van der Waals surface area contributed by atoms with E-state index in [1.165, 1.54) is 0 Å². The van der Waals surface area contributed by atoms with Crippen LogP contribution >= 0.6 is 11.8 Å². The normalized spacial score (nSPS) is 22.0. The van der Waals surface area contributed by atoms with Gasteiger partial charge in [0, 0.05) is 29.4 Å². The third-order valence-corrected chi connectivity index (χ3v) is 4.81. The third-order valence-electron chi connectivity index (χ3n) is 3.82. The van der Waals surface area contributed by atoms with E-state index in [1.807, 2.05) is 24.3 Å². The van der Waals surface area contributed by atoms with Crippen LogP contribution in [-0.4, -0.2) is 42.6 Å². The molecule has 2 N–H and O–H groups in total. The molecule has 0 aliphatic heterocycles. The minimum atomic E-state index is -0.00502. The van der Waals surface area contributed by atoms with Crippen molar-refractivity contribution in [2.45, 2.75) is 42.7 Å². The highest BCUT2D eigenvalue weighted by atomic mass is 32.2. The molecule has 0 atom stereocenters. The van der Waals surface area contributed by atoms with Crippen molar-refractivity contribution < 1.29 is 14.6 Å². The molecule has 1 amide bonds. The van der Waals surface area contributed by atoms with E-state index in [4.69, 9.17) is 9.84 Å². The van der Waals surface area contributed by atoms with Gasteiger partial charge in [-0.3, -0.25) is 4.79 Å². The van der Waals surface area contributed by atoms with Gasteiger partial charge in [0.05, 0.1) is 12.7 Å². The number of thioether (sulfide) groups is 1. The second kappa shape index (κ2) is 8.41. The maximum Gasteiger partial charge on any atom is 0.251 e. The van der Waals surface area contributed by atoms with E-state index in [1.54, 1.807) is 18.9 Å². The van der Waals surface area contributed by atoms with Gasteiger partial charge in [0.2, 0.25) is 0 Å². The molecule has 2 rings (SSSR count). The van der Waals surface area contributed by atoms with Gasteiger partial charge in [-0.2, -0.15) is 0 Å². The van der Waals surface area contributed by atoms with Gasteiger partial charge in [-0.25, -0.2) is 0 Å². The van der Waals surface area contributed by atoms with Crippen LogP contribution < -0.4 is 5.32 Å². The molecule has 1 aromatic carbocycles. The number of methoxy groups -OCH3 is 1. The van der Waals surface area contributed by atoms with Gasteiger partial charge < -0.3 is 15.2 Å². The first kappa shape index (κ1) is 16.3. The van der Waals surface area contributed by atoms with Crippen molar-refractivity contribution in [1.29, 1.82) is 0 Å². The number of amides is 1. The molecule has 0 bridgehead atoms. The van der Waals surface area contributed by atoms with Crippen molar-refractivity contribution in [1.82, 2.24) is 5.32 Å². The van der Waals surface area contributed by atoms with Gasteiger partial charge in [-0.05, 0) is 49.9 Å². The molecule has 1 fully saturated rings. The molecule has 0 heterocycles. The van der Waals surface area contributed by atoms with E-state index in [9.17, 15) is 4.79 Å². The average molecular weight is 309 g/mol. The quantitative estimate of drug-likeness (QED) is 0.793. The lowest BCUT2D eigenvalue weighted by atomic mass is 9.93. The second-order valence-corrected chi connectivity index (χ2v) is 6.45. The Labute approximate surface area is 130 Å². The first-order valence-electron chi connectivity index (χ1n) is 7.40. The summed E-state index contributed by atoms with van der Waals surface area (Å²) in [5, 5.41) is 11.9. The van der Waals surface area contributed by atoms with Crippen LogP contribution in [-0.2, 0) is 4.74 Å². The molecular formula is C16H23NO3S. The highest BCUT2D eigenvalue weighted by Crippen LogP contribution is 2.21. The lowest BCUT2D eigenvalue weighted by Gasteiger charge is -2.28. The summed E-state index contributed by atoms with van der Waals surface area (Å²) < 4.78 is 5.34. The molecule has 1 saturated carbocycles. The van der Waals surface area contributed by atoms with Crippen LogP contribution in [0.25, 0.3) is 0 Å². The maximum atomic E-state index is 12.2. The molecule has 0 spiro atoms. The summed E-state index contributed by atoms with van der Waals surface area (Å²) in [6, 6.07) is 7.80. The van der Waals surface area contributed by atoms with Crippen LogP contribution in [0.2, 0.25) is 0 Å². The Morgan fingerprint density at radius 1 is 1.29 bits per heavy atom. The topological polar surface area (TPSA) is 58.6 Å². The lowest BCUT2D eigenvalue weighted by molar-refractivity contribution is 0.0599. The Balaban J connectivity index is 1.83. The van der Waals surface area contributed by atoms with E-state index in [-0.39, 0.29) is 18.6 Å². The minimum absolute atomic E-state index is 0.00502. The van der Waals surface area contributed by atoms with Crippen molar-refractivity contribution in [3.8, 4) is 0 Å². The van der Waals surface area contributed by atoms with Gasteiger partial charge in [0.25, 0.3) is 5.91 Å². The smallest absolute Gasteiger partial charge is 0.251 e. The standard InChI is InChI=1S/C16H23NO3S/c1-20-14-6-4-13(5-7-14)17-16(19)12-2-8-15(9-3-12)21-11-10-18/h2-3,8-9,13-14,18H,4-7,10-11H2,1H3,(H,17,19). The van der Waals surface area contributed by atoms with Gasteiger partial charge in [-0.1, -0.05) is 0 Å². The molecule has 21 heavy (non-hydrogen) atoms. The molecule has 0 unspecified atom stereocenters. The zero-order valence-corrected chi connectivity index (χ0v) is 13.2. The molecule has 4 nitrogen and oxygen atoms in total. The molecule has 1 aromatic rings. The SMILES string of the molecule is COC1CCC(NC(=O)c2ccc(SCCO)cc2)CC1. The minimum Gasteiger partial charge on any atom is -0.396 e. The Kier molecular flexibility index (Phi) is 6.54. The number of aliphatic hydroxyl groups is 1. The number of carbonyl (C=O) groups is 1. The molecular weight excluding hydrogens is 286 g/mol. The molecule has 0 radical (unpaired) electrons. The number of aliphatic hydroxyl groups excluding tert-OH is 1. The van der Waals surface area contributed by atoms with Crippen molar-refractivity contribution >= 4 is 17.7 Å². The van der Waals surface area contributed by atoms with E-state index in [0.29, 0.717) is 17.4 Å². The Morgan fingerprint density at radius 2 is 1.95 bits per heavy atom. The van der Waals surface area contributed by atoms with Crippen LogP contribution in [0.3, 0.4) is 0 Å². The highest BCUT2D eigenvalue weighted by Gasteiger charge is 2.22. The molecule has 1 aliphatic carbocycles. The van der Waals surface area contributed by atoms with E-state index in [2.05, 4.69) is 5.32 Å². The summed E-state index contributed by atoms with van der Waals surface area (Å²) in [7, 11) is 1.75. The summed E-state index contributed by atoms with van der Waals surface area (Å²) in [5.41, 5.74) is 0.692. The summed E-state index contributed by atoms with van der Waals surface area (Å²) in [4.78, 5) is 13.3. The van der Waals surface area contributed by atoms with Gasteiger partial charge in [-0.15, -0.1) is 11.8 Å². The molecule has 116 valence electrons. The van der Waals surface area contributed by atoms with Gasteiger partial charge in [0.1, 0.15) is 0 Å². The largest absolute Gasteiger partial charge is 0.396 e. The van der Waals surface area contributed by atoms with Crippen LogP contribution in [0, 0.1) is 0 Å². The van der Waals surface area contributed by atoms with Gasteiger partial charge in [0.15, 0.2) is 0 Å². The number of ether oxygens (including phenoxy) is 1. The Hall–Kier alpha value is -1.04. The zero-order valence-electron chi connectivity index (χ0n) is 12.4. The van der Waals surface area contributed by atoms with Crippen LogP contribution in [0.5, 0.6) is 0 Å². The summed E-state index contributed by atoms with van der Waals surface area (Å²) in [5.74, 6) is 0.670. The van der Waals surface area contributed by atoms with Crippen molar-refractivity contribution in [2.24, 2.45) is 0 Å². The number of hydrogen-bond acceptors (Lipinski definition) is 4. The molecule has 0 saturated heterocycles. The average Bonchev–Trinajstić information content (AvgIpc) is 2.54. The van der Waals surface area contributed by atoms with Crippen LogP contribution in [0.4, 0.5) is 0 Å². The summed E-state index contributed by atoms with van der Waals surface area (Å²) in [6.07, 6.45) is 4.33. The summed E-state index contributed by atoms with van der Waals surface area (Å²) in [6.45, 7) is 0.164. The van der Waals surface area contributed by atoms with Crippen LogP contribution in [0.1, 0.15) is 36.0 Å². The number of carbonyl (C=O) groups excluding carboxylic acids is 1. The first-order chi connectivity index (χ1) is 10.2. The third kappa shape index (κ3) is 5.02. The van der Waals surface area contributed by atoms with Crippen molar-refractivity contribution in [3.63, 3.8) is 0 Å². The van der Waals surface area contributed by atoms with Crippen molar-refractivity contribution in [2.75, 3.05) is 19.5 Å². The second-order valence-electron chi connectivity index (χ2n) is 5.28. The number of hydrogen-bond donors (Lipinski definition) is 2. The van der Waals surface area contributed by atoms with E-state index < -0.39 is 0 Å². The number of benzene rings is 1. The first-order valence-corrected chi connectivity index (χ1v) is 8.39. The number of nitrogens with one attached hydrogen (secondary N) is 1. The molecule has 5 heteroatoms. The predicted octanol–water partition coefficient (Wildman–Crippen LogP) is 2.46. The Bertz CT molecular complexity index is 441. The van der Waals surface area contributed by atoms with E-state index in [0.717, 1.165) is 30.6 Å². The fraction of sp³-hybridized carbons (Fsp3) is 0.562. The van der Waals surface area contributed by atoms with E-state index >= 15 is 0 Å². The fourth-order valence-electron chi connectivity index (χ4n) is 2.58. The lowest BCUT2D eigenvalue weighted by Crippen LogP contribution is -2.38. The van der Waals surface area contributed by atoms with Crippen LogP contribution in [0.15, 0.2) is 29.2 Å². The maximum absolute atomic E-state index is 12.2. The fourth-order valence-corrected chi connectivity index (χ4v) is 3.23. The van der Waals surface area contributed by atoms with Crippen molar-refractivity contribution in [3.05, 3.63) is 29.8 Å². The van der Waals surface area contributed by atoms with Gasteiger partial charge >= 0.3 is 0 Å². The molecule has 1 aliphatic rings. The Morgan fingerprint density at radius 3 is 2.52 bits per heavy atom.